The number of imidazole rings is 1. The second-order valence-electron chi connectivity index (χ2n) is 4.92. The average Bonchev–Trinajstić information content (AvgIpc) is 2.90. The maximum Gasteiger partial charge on any atom is 0.0991 e. The third kappa shape index (κ3) is 2.92. The van der Waals surface area contributed by atoms with E-state index in [1.165, 1.54) is 5.69 Å². The lowest BCUT2D eigenvalue weighted by molar-refractivity contribution is 0.511. The lowest BCUT2D eigenvalue weighted by atomic mass is 10.0. The molecule has 0 saturated carbocycles. The van der Waals surface area contributed by atoms with Crippen LogP contribution in [0.25, 0.3) is 5.69 Å². The van der Waals surface area contributed by atoms with Crippen LogP contribution in [0, 0.1) is 5.92 Å². The fourth-order valence-corrected chi connectivity index (χ4v) is 2.12. The van der Waals surface area contributed by atoms with Gasteiger partial charge in [0.1, 0.15) is 0 Å². The predicted molar refractivity (Wildman–Crippen MR) is 76.1 cm³/mol. The molecule has 0 aliphatic heterocycles. The molecule has 0 aliphatic rings. The lowest BCUT2D eigenvalue weighted by Crippen LogP contribution is -2.24. The first kappa shape index (κ1) is 12.7. The summed E-state index contributed by atoms with van der Waals surface area (Å²) in [7, 11) is 0. The van der Waals surface area contributed by atoms with E-state index in [9.17, 15) is 0 Å². The molecule has 0 amide bonds. The highest BCUT2D eigenvalue weighted by Gasteiger charge is 2.10. The Kier molecular flexibility index (Phi) is 4.03. The Hall–Kier alpha value is -1.77. The topological polar surface area (TPSA) is 29.9 Å². The zero-order chi connectivity index (χ0) is 13.0. The molecule has 1 N–H and O–H groups in total. The molecule has 0 bridgehead atoms. The van der Waals surface area contributed by atoms with Crippen LogP contribution >= 0.6 is 0 Å². The first-order valence-corrected chi connectivity index (χ1v) is 6.55. The van der Waals surface area contributed by atoms with Gasteiger partial charge < -0.3 is 9.88 Å². The van der Waals surface area contributed by atoms with E-state index < -0.39 is 0 Å². The van der Waals surface area contributed by atoms with Crippen molar-refractivity contribution in [2.45, 2.75) is 33.2 Å². The van der Waals surface area contributed by atoms with Crippen LogP contribution in [0.3, 0.4) is 0 Å². The molecule has 1 unspecified atom stereocenters. The Morgan fingerprint density at radius 2 is 2.17 bits per heavy atom. The molecule has 0 fully saturated rings. The average molecular weight is 243 g/mol. The van der Waals surface area contributed by atoms with Crippen LogP contribution in [-0.2, 0) is 0 Å². The van der Waals surface area contributed by atoms with Crippen molar-refractivity contribution >= 4 is 5.69 Å². The lowest BCUT2D eigenvalue weighted by Gasteiger charge is -2.22. The molecule has 1 aromatic heterocycles. The largest absolute Gasteiger partial charge is 0.382 e. The highest BCUT2D eigenvalue weighted by Crippen LogP contribution is 2.18. The van der Waals surface area contributed by atoms with Crippen LogP contribution in [0.4, 0.5) is 5.69 Å². The van der Waals surface area contributed by atoms with Crippen LogP contribution in [0.5, 0.6) is 0 Å². The SMILES string of the molecule is CCC(Nc1cccc(-n2ccnc2)c1)C(C)C. The van der Waals surface area contributed by atoms with Gasteiger partial charge in [-0.2, -0.15) is 0 Å². The summed E-state index contributed by atoms with van der Waals surface area (Å²) in [4.78, 5) is 4.08. The minimum absolute atomic E-state index is 0.517. The van der Waals surface area contributed by atoms with Crippen LogP contribution in [0.15, 0.2) is 43.0 Å². The Morgan fingerprint density at radius 3 is 2.78 bits per heavy atom. The summed E-state index contributed by atoms with van der Waals surface area (Å²) in [6.07, 6.45) is 6.70. The fourth-order valence-electron chi connectivity index (χ4n) is 2.12. The van der Waals surface area contributed by atoms with Gasteiger partial charge in [-0.25, -0.2) is 4.98 Å². The standard InChI is InChI=1S/C15H21N3/c1-4-15(12(2)3)17-13-6-5-7-14(10-13)18-9-8-16-11-18/h5-12,15,17H,4H2,1-3H3. The summed E-state index contributed by atoms with van der Waals surface area (Å²) >= 11 is 0. The number of nitrogens with zero attached hydrogens (tertiary/aromatic N) is 2. The summed E-state index contributed by atoms with van der Waals surface area (Å²) in [6, 6.07) is 8.95. The van der Waals surface area contributed by atoms with E-state index >= 15 is 0 Å². The van der Waals surface area contributed by atoms with Crippen molar-refractivity contribution in [2.24, 2.45) is 5.92 Å². The first-order valence-electron chi connectivity index (χ1n) is 6.55. The second kappa shape index (κ2) is 5.71. The molecule has 1 heterocycles. The van der Waals surface area contributed by atoms with Crippen molar-refractivity contribution in [3.05, 3.63) is 43.0 Å². The normalized spacial score (nSPS) is 12.7. The number of hydrogen-bond acceptors (Lipinski definition) is 2. The summed E-state index contributed by atoms with van der Waals surface area (Å²) in [5.74, 6) is 0.631. The first-order chi connectivity index (χ1) is 8.70. The van der Waals surface area contributed by atoms with Gasteiger partial charge in [0.2, 0.25) is 0 Å². The molecule has 3 nitrogen and oxygen atoms in total. The van der Waals surface area contributed by atoms with Gasteiger partial charge in [-0.05, 0) is 30.5 Å². The molecule has 2 aromatic rings. The van der Waals surface area contributed by atoms with Gasteiger partial charge in [-0.1, -0.05) is 26.8 Å². The molecule has 1 atom stereocenters. The van der Waals surface area contributed by atoms with Crippen LogP contribution < -0.4 is 5.32 Å². The molecule has 96 valence electrons. The Balaban J connectivity index is 2.17. The van der Waals surface area contributed by atoms with Gasteiger partial charge in [0.05, 0.1) is 6.33 Å². The molecule has 1 aromatic carbocycles. The number of anilines is 1. The summed E-state index contributed by atoms with van der Waals surface area (Å²) in [5, 5.41) is 3.60. The zero-order valence-electron chi connectivity index (χ0n) is 11.3. The summed E-state index contributed by atoms with van der Waals surface area (Å²) < 4.78 is 2.02. The predicted octanol–water partition coefficient (Wildman–Crippen LogP) is 3.72. The fraction of sp³-hybridized carbons (Fsp3) is 0.400. The molecular weight excluding hydrogens is 222 g/mol. The smallest absolute Gasteiger partial charge is 0.0991 e. The quantitative estimate of drug-likeness (QED) is 0.867. The third-order valence-corrected chi connectivity index (χ3v) is 3.25. The Labute approximate surface area is 109 Å². The van der Waals surface area contributed by atoms with Crippen molar-refractivity contribution in [1.82, 2.24) is 9.55 Å². The van der Waals surface area contributed by atoms with Crippen molar-refractivity contribution in [1.29, 1.82) is 0 Å². The van der Waals surface area contributed by atoms with E-state index in [0.717, 1.165) is 12.1 Å². The molecule has 0 spiro atoms. The maximum atomic E-state index is 4.08. The molecule has 18 heavy (non-hydrogen) atoms. The minimum atomic E-state index is 0.517. The molecule has 0 radical (unpaired) electrons. The Morgan fingerprint density at radius 1 is 1.33 bits per heavy atom. The van der Waals surface area contributed by atoms with Gasteiger partial charge >= 0.3 is 0 Å². The molecular formula is C15H21N3. The van der Waals surface area contributed by atoms with Crippen molar-refractivity contribution in [2.75, 3.05) is 5.32 Å². The number of aromatic nitrogens is 2. The van der Waals surface area contributed by atoms with Crippen molar-refractivity contribution < 1.29 is 0 Å². The molecule has 2 rings (SSSR count). The highest BCUT2D eigenvalue weighted by atomic mass is 15.0. The molecule has 3 heteroatoms. The number of nitrogens with one attached hydrogen (secondary N) is 1. The Bertz CT molecular complexity index is 474. The van der Waals surface area contributed by atoms with E-state index in [2.05, 4.69) is 55.3 Å². The van der Waals surface area contributed by atoms with E-state index in [-0.39, 0.29) is 0 Å². The van der Waals surface area contributed by atoms with E-state index in [4.69, 9.17) is 0 Å². The van der Waals surface area contributed by atoms with Crippen molar-refractivity contribution in [3.8, 4) is 5.69 Å². The van der Waals surface area contributed by atoms with Gasteiger partial charge in [0, 0.05) is 29.8 Å². The van der Waals surface area contributed by atoms with E-state index in [0.29, 0.717) is 12.0 Å². The monoisotopic (exact) mass is 243 g/mol. The van der Waals surface area contributed by atoms with Crippen molar-refractivity contribution in [3.63, 3.8) is 0 Å². The molecule has 0 saturated heterocycles. The highest BCUT2D eigenvalue weighted by molar-refractivity contribution is 5.51. The van der Waals surface area contributed by atoms with Gasteiger partial charge in [-0.15, -0.1) is 0 Å². The molecule has 0 aliphatic carbocycles. The van der Waals surface area contributed by atoms with Crippen LogP contribution in [-0.4, -0.2) is 15.6 Å². The number of benzene rings is 1. The number of rotatable bonds is 5. The van der Waals surface area contributed by atoms with E-state index in [1.807, 2.05) is 17.1 Å². The summed E-state index contributed by atoms with van der Waals surface area (Å²) in [6.45, 7) is 6.72. The van der Waals surface area contributed by atoms with Gasteiger partial charge in [0.25, 0.3) is 0 Å². The van der Waals surface area contributed by atoms with Gasteiger partial charge in [-0.3, -0.25) is 0 Å². The van der Waals surface area contributed by atoms with E-state index in [1.54, 1.807) is 6.20 Å². The van der Waals surface area contributed by atoms with Crippen LogP contribution in [0.1, 0.15) is 27.2 Å². The van der Waals surface area contributed by atoms with Gasteiger partial charge in [0.15, 0.2) is 0 Å². The van der Waals surface area contributed by atoms with Crippen LogP contribution in [0.2, 0.25) is 0 Å². The zero-order valence-corrected chi connectivity index (χ0v) is 11.3. The second-order valence-corrected chi connectivity index (χ2v) is 4.92. The third-order valence-electron chi connectivity index (χ3n) is 3.25. The minimum Gasteiger partial charge on any atom is -0.382 e. The maximum absolute atomic E-state index is 4.08. The number of hydrogen-bond donors (Lipinski definition) is 1. The summed E-state index contributed by atoms with van der Waals surface area (Å²) in [5.41, 5.74) is 2.30.